The van der Waals surface area contributed by atoms with Crippen LogP contribution in [0, 0.1) is 11.8 Å². The smallest absolute Gasteiger partial charge is 0.246 e. The Morgan fingerprint density at radius 3 is 2.59 bits per heavy atom. The molecule has 0 bridgehead atoms. The molecule has 0 unspecified atom stereocenters. The zero-order valence-electron chi connectivity index (χ0n) is 16.3. The first-order valence-corrected chi connectivity index (χ1v) is 10.3. The zero-order chi connectivity index (χ0) is 18.8. The SMILES string of the molecule is CC(C)c1ccc(-c2nnn(CC(=O)N3CC[C@@H]4CCCC[C@H]4C3)n2)cc1. The molecule has 1 aliphatic heterocycles. The number of rotatable bonds is 4. The highest BCUT2D eigenvalue weighted by Crippen LogP contribution is 2.36. The fourth-order valence-corrected chi connectivity index (χ4v) is 4.49. The molecule has 6 heteroatoms. The van der Waals surface area contributed by atoms with Crippen molar-refractivity contribution in [1.82, 2.24) is 25.1 Å². The van der Waals surface area contributed by atoms with Crippen LogP contribution < -0.4 is 0 Å². The number of amides is 1. The van der Waals surface area contributed by atoms with Gasteiger partial charge in [0.1, 0.15) is 6.54 Å². The number of tetrazole rings is 1. The standard InChI is InChI=1S/C21H29N5O/c1-15(2)16-7-9-18(10-8-16)21-22-24-26(23-21)14-20(27)25-12-11-17-5-3-4-6-19(17)13-25/h7-10,15,17,19H,3-6,11-14H2,1-2H3/t17-,19-/m0/s1. The third-order valence-corrected chi connectivity index (χ3v) is 6.21. The molecule has 1 aromatic carbocycles. The van der Waals surface area contributed by atoms with Crippen molar-refractivity contribution in [3.63, 3.8) is 0 Å². The molecule has 0 spiro atoms. The number of fused-ring (bicyclic) bond motifs is 1. The van der Waals surface area contributed by atoms with Crippen LogP contribution in [0.2, 0.25) is 0 Å². The first-order valence-electron chi connectivity index (χ1n) is 10.3. The van der Waals surface area contributed by atoms with E-state index in [4.69, 9.17) is 0 Å². The third kappa shape index (κ3) is 4.04. The first kappa shape index (κ1) is 18.1. The normalized spacial score (nSPS) is 22.7. The minimum absolute atomic E-state index is 0.109. The van der Waals surface area contributed by atoms with E-state index in [-0.39, 0.29) is 12.5 Å². The molecule has 1 saturated carbocycles. The zero-order valence-corrected chi connectivity index (χ0v) is 16.3. The second-order valence-corrected chi connectivity index (χ2v) is 8.35. The van der Waals surface area contributed by atoms with Gasteiger partial charge in [-0.3, -0.25) is 4.79 Å². The van der Waals surface area contributed by atoms with Crippen molar-refractivity contribution in [2.45, 2.75) is 58.4 Å². The van der Waals surface area contributed by atoms with Crippen LogP contribution in [0.1, 0.15) is 57.4 Å². The molecule has 6 nitrogen and oxygen atoms in total. The lowest BCUT2D eigenvalue weighted by Crippen LogP contribution is -2.46. The predicted octanol–water partition coefficient (Wildman–Crippen LogP) is 3.50. The molecule has 1 amide bonds. The number of benzene rings is 1. The Morgan fingerprint density at radius 2 is 1.85 bits per heavy atom. The lowest BCUT2D eigenvalue weighted by molar-refractivity contribution is -0.135. The van der Waals surface area contributed by atoms with Crippen LogP contribution in [0.3, 0.4) is 0 Å². The van der Waals surface area contributed by atoms with E-state index in [1.54, 1.807) is 0 Å². The average molecular weight is 367 g/mol. The number of carbonyl (C=O) groups is 1. The molecule has 2 atom stereocenters. The quantitative estimate of drug-likeness (QED) is 0.830. The number of nitrogens with zero attached hydrogens (tertiary/aromatic N) is 5. The van der Waals surface area contributed by atoms with Gasteiger partial charge in [0.05, 0.1) is 0 Å². The van der Waals surface area contributed by atoms with Gasteiger partial charge >= 0.3 is 0 Å². The Kier molecular flexibility index (Phi) is 5.23. The highest BCUT2D eigenvalue weighted by Gasteiger charge is 2.33. The summed E-state index contributed by atoms with van der Waals surface area (Å²) in [5.74, 6) is 2.69. The molecule has 2 heterocycles. The van der Waals surface area contributed by atoms with Gasteiger partial charge in [-0.2, -0.15) is 4.80 Å². The number of piperidine rings is 1. The molecular weight excluding hydrogens is 338 g/mol. The van der Waals surface area contributed by atoms with E-state index in [0.717, 1.165) is 31.0 Å². The van der Waals surface area contributed by atoms with Gasteiger partial charge in [0.15, 0.2) is 0 Å². The molecule has 2 fully saturated rings. The van der Waals surface area contributed by atoms with E-state index in [2.05, 4.69) is 41.4 Å². The van der Waals surface area contributed by atoms with Crippen molar-refractivity contribution in [3.05, 3.63) is 29.8 Å². The minimum Gasteiger partial charge on any atom is -0.341 e. The van der Waals surface area contributed by atoms with E-state index in [1.807, 2.05) is 17.0 Å². The number of carbonyl (C=O) groups excluding carboxylic acids is 1. The van der Waals surface area contributed by atoms with Crippen molar-refractivity contribution >= 4 is 5.91 Å². The maximum absolute atomic E-state index is 12.7. The summed E-state index contributed by atoms with van der Waals surface area (Å²) in [7, 11) is 0. The van der Waals surface area contributed by atoms with Gasteiger partial charge in [0.25, 0.3) is 0 Å². The summed E-state index contributed by atoms with van der Waals surface area (Å²) in [6.07, 6.45) is 6.43. The second kappa shape index (κ2) is 7.79. The number of hydrogen-bond donors (Lipinski definition) is 0. The molecule has 1 aliphatic carbocycles. The second-order valence-electron chi connectivity index (χ2n) is 8.35. The van der Waals surface area contributed by atoms with Gasteiger partial charge < -0.3 is 4.90 Å². The molecule has 0 N–H and O–H groups in total. The fourth-order valence-electron chi connectivity index (χ4n) is 4.49. The fraction of sp³-hybridized carbons (Fsp3) is 0.619. The summed E-state index contributed by atoms with van der Waals surface area (Å²) in [6, 6.07) is 8.24. The highest BCUT2D eigenvalue weighted by atomic mass is 16.2. The third-order valence-electron chi connectivity index (χ3n) is 6.21. The van der Waals surface area contributed by atoms with Crippen molar-refractivity contribution in [1.29, 1.82) is 0 Å². The monoisotopic (exact) mass is 367 g/mol. The van der Waals surface area contributed by atoms with Crippen LogP contribution in [-0.4, -0.2) is 44.1 Å². The average Bonchev–Trinajstić information content (AvgIpc) is 3.16. The van der Waals surface area contributed by atoms with Gasteiger partial charge in [-0.15, -0.1) is 10.2 Å². The van der Waals surface area contributed by atoms with Gasteiger partial charge in [0.2, 0.25) is 11.7 Å². The number of aromatic nitrogens is 4. The van der Waals surface area contributed by atoms with Crippen molar-refractivity contribution in [2.24, 2.45) is 11.8 Å². The molecule has 27 heavy (non-hydrogen) atoms. The minimum atomic E-state index is 0.109. The lowest BCUT2D eigenvalue weighted by atomic mass is 9.75. The summed E-state index contributed by atoms with van der Waals surface area (Å²) in [6.45, 7) is 6.30. The molecule has 0 radical (unpaired) electrons. The van der Waals surface area contributed by atoms with Crippen LogP contribution in [0.25, 0.3) is 11.4 Å². The van der Waals surface area contributed by atoms with Crippen LogP contribution in [-0.2, 0) is 11.3 Å². The van der Waals surface area contributed by atoms with E-state index in [1.165, 1.54) is 36.0 Å². The van der Waals surface area contributed by atoms with Crippen LogP contribution in [0.4, 0.5) is 0 Å². The Balaban J connectivity index is 1.38. The van der Waals surface area contributed by atoms with Crippen molar-refractivity contribution < 1.29 is 4.79 Å². The summed E-state index contributed by atoms with van der Waals surface area (Å²) < 4.78 is 0. The van der Waals surface area contributed by atoms with E-state index < -0.39 is 0 Å². The van der Waals surface area contributed by atoms with Gasteiger partial charge in [-0.1, -0.05) is 57.4 Å². The highest BCUT2D eigenvalue weighted by molar-refractivity contribution is 5.76. The number of likely N-dealkylation sites (tertiary alicyclic amines) is 1. The Labute approximate surface area is 160 Å². The van der Waals surface area contributed by atoms with Crippen LogP contribution in [0.5, 0.6) is 0 Å². The molecule has 1 saturated heterocycles. The maximum atomic E-state index is 12.7. The lowest BCUT2D eigenvalue weighted by Gasteiger charge is -2.41. The molecule has 2 aliphatic rings. The largest absolute Gasteiger partial charge is 0.341 e. The molecule has 4 rings (SSSR count). The Hall–Kier alpha value is -2.24. The van der Waals surface area contributed by atoms with Crippen molar-refractivity contribution in [2.75, 3.05) is 13.1 Å². The Morgan fingerprint density at radius 1 is 1.11 bits per heavy atom. The van der Waals surface area contributed by atoms with Crippen molar-refractivity contribution in [3.8, 4) is 11.4 Å². The van der Waals surface area contributed by atoms with E-state index in [0.29, 0.717) is 17.7 Å². The first-order chi connectivity index (χ1) is 13.1. The molecule has 1 aromatic heterocycles. The predicted molar refractivity (Wildman–Crippen MR) is 104 cm³/mol. The van der Waals surface area contributed by atoms with Gasteiger partial charge in [-0.25, -0.2) is 0 Å². The summed E-state index contributed by atoms with van der Waals surface area (Å²) in [5, 5.41) is 12.6. The number of hydrogen-bond acceptors (Lipinski definition) is 4. The Bertz CT molecular complexity index is 782. The van der Waals surface area contributed by atoms with E-state index >= 15 is 0 Å². The van der Waals surface area contributed by atoms with Gasteiger partial charge in [0, 0.05) is 18.7 Å². The van der Waals surface area contributed by atoms with Crippen LogP contribution in [0.15, 0.2) is 24.3 Å². The molecule has 144 valence electrons. The van der Waals surface area contributed by atoms with E-state index in [9.17, 15) is 4.79 Å². The van der Waals surface area contributed by atoms with Gasteiger partial charge in [-0.05, 0) is 41.4 Å². The topological polar surface area (TPSA) is 63.9 Å². The summed E-state index contributed by atoms with van der Waals surface area (Å²) >= 11 is 0. The maximum Gasteiger partial charge on any atom is 0.246 e. The molecule has 2 aromatic rings. The molecular formula is C21H29N5O. The van der Waals surface area contributed by atoms with Crippen LogP contribution >= 0.6 is 0 Å². The summed E-state index contributed by atoms with van der Waals surface area (Å²) in [4.78, 5) is 16.1. The summed E-state index contributed by atoms with van der Waals surface area (Å²) in [5.41, 5.74) is 2.22.